The van der Waals surface area contributed by atoms with Crippen molar-refractivity contribution in [2.75, 3.05) is 20.6 Å². The Morgan fingerprint density at radius 2 is 2.00 bits per heavy atom. The number of amides is 1. The van der Waals surface area contributed by atoms with E-state index in [1.54, 1.807) is 19.0 Å². The van der Waals surface area contributed by atoms with Crippen LogP contribution in [0.4, 0.5) is 0 Å². The van der Waals surface area contributed by atoms with E-state index in [1.165, 1.54) is 6.92 Å². The fourth-order valence-electron chi connectivity index (χ4n) is 0.636. The van der Waals surface area contributed by atoms with Crippen molar-refractivity contribution in [3.8, 4) is 0 Å². The molecular weight excluding hydrogens is 160 g/mol. The van der Waals surface area contributed by atoms with Crippen LogP contribution in [0.5, 0.6) is 0 Å². The lowest BCUT2D eigenvalue weighted by Gasteiger charge is -2.12. The van der Waals surface area contributed by atoms with Gasteiger partial charge in [-0.05, 0) is 21.0 Å². The molecule has 70 valence electrons. The van der Waals surface area contributed by atoms with E-state index in [9.17, 15) is 9.59 Å². The molecule has 1 amide bonds. The van der Waals surface area contributed by atoms with Crippen LogP contribution in [0.25, 0.3) is 0 Å². The second-order valence-corrected chi connectivity index (χ2v) is 2.87. The molecule has 0 aromatic heterocycles. The molecule has 0 saturated carbocycles. The monoisotopic (exact) mass is 174 g/mol. The first-order valence-electron chi connectivity index (χ1n) is 3.60. The number of nitrogens with one attached hydrogen (secondary N) is 1. The summed E-state index contributed by atoms with van der Waals surface area (Å²) in [5, 5.41) is 10.8. The fourth-order valence-corrected chi connectivity index (χ4v) is 0.636. The van der Waals surface area contributed by atoms with Crippen LogP contribution in [0, 0.1) is 0 Å². The van der Waals surface area contributed by atoms with Gasteiger partial charge in [-0.2, -0.15) is 0 Å². The van der Waals surface area contributed by atoms with Crippen LogP contribution in [0.15, 0.2) is 0 Å². The van der Waals surface area contributed by atoms with Crippen LogP contribution in [0.1, 0.15) is 6.92 Å². The highest BCUT2D eigenvalue weighted by Crippen LogP contribution is 1.82. The number of rotatable bonds is 4. The Kier molecular flexibility index (Phi) is 4.28. The van der Waals surface area contributed by atoms with Crippen molar-refractivity contribution in [1.29, 1.82) is 0 Å². The summed E-state index contributed by atoms with van der Waals surface area (Å²) < 4.78 is 0. The van der Waals surface area contributed by atoms with Crippen LogP contribution < -0.4 is 5.32 Å². The summed E-state index contributed by atoms with van der Waals surface area (Å²) in [5.41, 5.74) is 0. The summed E-state index contributed by atoms with van der Waals surface area (Å²) in [6.07, 6.45) is 0. The van der Waals surface area contributed by atoms with Crippen LogP contribution in [-0.2, 0) is 9.59 Å². The van der Waals surface area contributed by atoms with Crippen molar-refractivity contribution in [3.63, 3.8) is 0 Å². The van der Waals surface area contributed by atoms with Gasteiger partial charge in [-0.3, -0.25) is 9.59 Å². The number of carbonyl (C=O) groups excluding carboxylic acids is 1. The molecule has 0 saturated heterocycles. The van der Waals surface area contributed by atoms with Crippen LogP contribution >= 0.6 is 0 Å². The summed E-state index contributed by atoms with van der Waals surface area (Å²) in [5.74, 6) is -1.31. The molecule has 0 rings (SSSR count). The number of nitrogens with zero attached hydrogens (tertiary/aromatic N) is 1. The highest BCUT2D eigenvalue weighted by molar-refractivity contribution is 5.84. The van der Waals surface area contributed by atoms with E-state index in [2.05, 4.69) is 5.32 Å². The van der Waals surface area contributed by atoms with Gasteiger partial charge in [-0.25, -0.2) is 0 Å². The molecule has 0 aromatic rings. The van der Waals surface area contributed by atoms with Crippen molar-refractivity contribution < 1.29 is 14.7 Å². The molecular formula is C7H14N2O3. The van der Waals surface area contributed by atoms with Crippen molar-refractivity contribution >= 4 is 11.9 Å². The zero-order chi connectivity index (χ0) is 9.72. The van der Waals surface area contributed by atoms with E-state index in [0.29, 0.717) is 0 Å². The maximum atomic E-state index is 11.0. The van der Waals surface area contributed by atoms with Gasteiger partial charge in [0.2, 0.25) is 5.91 Å². The molecule has 5 nitrogen and oxygen atoms in total. The van der Waals surface area contributed by atoms with E-state index in [0.717, 1.165) is 0 Å². The number of hydrogen-bond acceptors (Lipinski definition) is 3. The first-order chi connectivity index (χ1) is 5.43. The lowest BCUT2D eigenvalue weighted by molar-refractivity contribution is -0.141. The van der Waals surface area contributed by atoms with Gasteiger partial charge in [0, 0.05) is 0 Å². The molecule has 0 fully saturated rings. The number of aliphatic carboxylic acids is 1. The molecule has 0 heterocycles. The summed E-state index contributed by atoms with van der Waals surface area (Å²) >= 11 is 0. The smallest absolute Gasteiger partial charge is 0.325 e. The van der Waals surface area contributed by atoms with Crippen molar-refractivity contribution in [1.82, 2.24) is 10.2 Å². The zero-order valence-corrected chi connectivity index (χ0v) is 7.50. The standard InChI is InChI=1S/C7H14N2O3/c1-5(7(11)12)8-6(10)4-9(2)3/h5H,4H2,1-3H3,(H,8,10)(H,11,12)/t5-/m1/s1. The molecule has 2 N–H and O–H groups in total. The Balaban J connectivity index is 3.77. The number of likely N-dealkylation sites (N-methyl/N-ethyl adjacent to an activating group) is 1. The maximum absolute atomic E-state index is 11.0. The minimum absolute atomic E-state index is 0.206. The first-order valence-corrected chi connectivity index (χ1v) is 3.60. The second-order valence-electron chi connectivity index (χ2n) is 2.87. The second kappa shape index (κ2) is 4.71. The molecule has 1 atom stereocenters. The average Bonchev–Trinajstić information content (AvgIpc) is 1.84. The third-order valence-electron chi connectivity index (χ3n) is 1.21. The number of carboxylic acids is 1. The summed E-state index contributed by atoms with van der Waals surface area (Å²) in [7, 11) is 3.48. The van der Waals surface area contributed by atoms with Crippen LogP contribution in [0.3, 0.4) is 0 Å². The van der Waals surface area contributed by atoms with E-state index < -0.39 is 12.0 Å². The largest absolute Gasteiger partial charge is 0.480 e. The molecule has 0 radical (unpaired) electrons. The Morgan fingerprint density at radius 3 is 2.33 bits per heavy atom. The highest BCUT2D eigenvalue weighted by Gasteiger charge is 2.13. The normalized spacial score (nSPS) is 12.7. The van der Waals surface area contributed by atoms with Crippen LogP contribution in [0.2, 0.25) is 0 Å². The van der Waals surface area contributed by atoms with Gasteiger partial charge in [0.1, 0.15) is 6.04 Å². The Morgan fingerprint density at radius 1 is 1.50 bits per heavy atom. The summed E-state index contributed by atoms with van der Waals surface area (Å²) in [6.45, 7) is 1.63. The minimum Gasteiger partial charge on any atom is -0.480 e. The Bertz CT molecular complexity index is 179. The van der Waals surface area contributed by atoms with Crippen molar-refractivity contribution in [2.45, 2.75) is 13.0 Å². The van der Waals surface area contributed by atoms with Gasteiger partial charge >= 0.3 is 5.97 Å². The van der Waals surface area contributed by atoms with Gasteiger partial charge in [0.25, 0.3) is 0 Å². The van der Waals surface area contributed by atoms with Gasteiger partial charge < -0.3 is 15.3 Å². The molecule has 0 aliphatic heterocycles. The third-order valence-corrected chi connectivity index (χ3v) is 1.21. The third kappa shape index (κ3) is 4.68. The van der Waals surface area contributed by atoms with Gasteiger partial charge in [0.05, 0.1) is 6.54 Å². The van der Waals surface area contributed by atoms with Crippen molar-refractivity contribution in [3.05, 3.63) is 0 Å². The number of carboxylic acid groups (broad SMARTS) is 1. The van der Waals surface area contributed by atoms with E-state index in [-0.39, 0.29) is 12.5 Å². The Labute approximate surface area is 71.4 Å². The molecule has 0 bridgehead atoms. The minimum atomic E-state index is -1.03. The Hall–Kier alpha value is -1.10. The number of carbonyl (C=O) groups is 2. The molecule has 0 aliphatic carbocycles. The van der Waals surface area contributed by atoms with Crippen molar-refractivity contribution in [2.24, 2.45) is 0 Å². The molecule has 0 unspecified atom stereocenters. The summed E-state index contributed by atoms with van der Waals surface area (Å²) in [6, 6.07) is -0.822. The molecule has 5 heteroatoms. The number of hydrogen-bond donors (Lipinski definition) is 2. The predicted octanol–water partition coefficient (Wildman–Crippen LogP) is -0.863. The quantitative estimate of drug-likeness (QED) is 0.581. The van der Waals surface area contributed by atoms with E-state index in [4.69, 9.17) is 5.11 Å². The van der Waals surface area contributed by atoms with Gasteiger partial charge in [-0.15, -0.1) is 0 Å². The SMILES string of the molecule is C[C@@H](NC(=O)CN(C)C)C(=O)O. The first kappa shape index (κ1) is 10.9. The highest BCUT2D eigenvalue weighted by atomic mass is 16.4. The fraction of sp³-hybridized carbons (Fsp3) is 0.714. The molecule has 12 heavy (non-hydrogen) atoms. The zero-order valence-electron chi connectivity index (χ0n) is 7.50. The lowest BCUT2D eigenvalue weighted by atomic mass is 10.3. The molecule has 0 aromatic carbocycles. The van der Waals surface area contributed by atoms with E-state index >= 15 is 0 Å². The summed E-state index contributed by atoms with van der Waals surface area (Å²) in [4.78, 5) is 22.9. The average molecular weight is 174 g/mol. The predicted molar refractivity (Wildman–Crippen MR) is 43.8 cm³/mol. The van der Waals surface area contributed by atoms with Gasteiger partial charge in [-0.1, -0.05) is 0 Å². The van der Waals surface area contributed by atoms with Crippen LogP contribution in [-0.4, -0.2) is 48.6 Å². The molecule has 0 spiro atoms. The topological polar surface area (TPSA) is 69.6 Å². The molecule has 0 aliphatic rings. The maximum Gasteiger partial charge on any atom is 0.325 e. The lowest BCUT2D eigenvalue weighted by Crippen LogP contribution is -2.42. The van der Waals surface area contributed by atoms with Gasteiger partial charge in [0.15, 0.2) is 0 Å². The van der Waals surface area contributed by atoms with E-state index in [1.807, 2.05) is 0 Å².